The number of aliphatic hydroxyl groups is 2. The zero-order chi connectivity index (χ0) is 23.4. The van der Waals surface area contributed by atoms with Crippen LogP contribution in [0.15, 0.2) is 12.2 Å². The maximum absolute atomic E-state index is 11.9. The maximum atomic E-state index is 11.9. The van der Waals surface area contributed by atoms with E-state index in [1.54, 1.807) is 0 Å². The molecule has 4 aliphatic rings. The van der Waals surface area contributed by atoms with E-state index in [2.05, 4.69) is 34.3 Å². The van der Waals surface area contributed by atoms with Gasteiger partial charge in [0.15, 0.2) is 0 Å². The average molecular weight is 447 g/mol. The Labute approximate surface area is 194 Å². The van der Waals surface area contributed by atoms with Crippen molar-refractivity contribution in [3.05, 3.63) is 12.2 Å². The molecule has 0 bridgehead atoms. The second-order valence-electron chi connectivity index (χ2n) is 12.8. The van der Waals surface area contributed by atoms with Crippen molar-refractivity contribution in [1.82, 2.24) is 0 Å². The Morgan fingerprint density at radius 2 is 1.69 bits per heavy atom. The van der Waals surface area contributed by atoms with E-state index in [0.29, 0.717) is 35.5 Å². The van der Waals surface area contributed by atoms with Gasteiger partial charge in [0.2, 0.25) is 0 Å². The Morgan fingerprint density at radius 3 is 2.34 bits per heavy atom. The summed E-state index contributed by atoms with van der Waals surface area (Å²) < 4.78 is 0. The van der Waals surface area contributed by atoms with Gasteiger partial charge in [-0.1, -0.05) is 26.3 Å². The van der Waals surface area contributed by atoms with Crippen molar-refractivity contribution in [1.29, 1.82) is 0 Å². The van der Waals surface area contributed by atoms with E-state index >= 15 is 0 Å². The Morgan fingerprint density at radius 1 is 1.03 bits per heavy atom. The number of carbonyl (C=O) groups is 1. The van der Waals surface area contributed by atoms with E-state index in [9.17, 15) is 20.1 Å². The normalized spacial score (nSPS) is 48.9. The number of fused-ring (bicyclic) bond motifs is 5. The Hall–Kier alpha value is -0.870. The van der Waals surface area contributed by atoms with E-state index in [1.807, 2.05) is 0 Å². The lowest BCUT2D eigenvalue weighted by Gasteiger charge is -2.65. The summed E-state index contributed by atoms with van der Waals surface area (Å²) in [7, 11) is 0. The molecule has 0 amide bonds. The van der Waals surface area contributed by atoms with Crippen molar-refractivity contribution in [2.75, 3.05) is 0 Å². The number of hydrogen-bond donors (Lipinski definition) is 3. The summed E-state index contributed by atoms with van der Waals surface area (Å²) >= 11 is 0. The highest BCUT2D eigenvalue weighted by Crippen LogP contribution is 2.69. The van der Waals surface area contributed by atoms with Crippen molar-refractivity contribution in [2.24, 2.45) is 52.3 Å². The number of aliphatic hydroxyl groups excluding tert-OH is 2. The molecule has 0 radical (unpaired) electrons. The fourth-order valence-corrected chi connectivity index (χ4v) is 9.62. The lowest BCUT2D eigenvalue weighted by atomic mass is 9.41. The molecule has 0 aromatic heterocycles. The van der Waals surface area contributed by atoms with Crippen LogP contribution in [0.5, 0.6) is 0 Å². The molecule has 4 saturated carbocycles. The first-order valence-electron chi connectivity index (χ1n) is 13.2. The molecule has 0 spiro atoms. The number of allylic oxidation sites excluding steroid dienone is 1. The molecular weight excluding hydrogens is 400 g/mol. The summed E-state index contributed by atoms with van der Waals surface area (Å²) in [6.45, 7) is 13.5. The minimum atomic E-state index is -0.691. The van der Waals surface area contributed by atoms with Gasteiger partial charge in [-0.15, -0.1) is 6.58 Å². The highest BCUT2D eigenvalue weighted by molar-refractivity contribution is 5.66. The van der Waals surface area contributed by atoms with Crippen LogP contribution in [0.3, 0.4) is 0 Å². The van der Waals surface area contributed by atoms with E-state index in [4.69, 9.17) is 0 Å². The van der Waals surface area contributed by atoms with Gasteiger partial charge in [-0.2, -0.15) is 0 Å². The zero-order valence-electron chi connectivity index (χ0n) is 20.7. The Bertz CT molecular complexity index is 733. The topological polar surface area (TPSA) is 77.8 Å². The second-order valence-corrected chi connectivity index (χ2v) is 12.8. The molecule has 0 aromatic rings. The zero-order valence-corrected chi connectivity index (χ0v) is 20.7. The molecule has 0 aromatic carbocycles. The van der Waals surface area contributed by atoms with Gasteiger partial charge in [-0.25, -0.2) is 0 Å². The maximum Gasteiger partial charge on any atom is 0.303 e. The van der Waals surface area contributed by atoms with Crippen molar-refractivity contribution in [3.63, 3.8) is 0 Å². The standard InChI is InChI=1S/C28H46O4/c1-16(2)14-19-23-15-18(29)10-12-28(23,5)22-11-13-27(4)20(17(3)6-9-24(30)31)7-8-21(27)25(22)26(19)32/h17-23,25-26,29,32H,1,6-15H2,2-5H3,(H,30,31)/t17-,18-,19?,20?,21?,22?,23?,25?,26?,27-,28-/m1/s1. The van der Waals surface area contributed by atoms with Gasteiger partial charge in [-0.3, -0.25) is 4.79 Å². The van der Waals surface area contributed by atoms with Gasteiger partial charge < -0.3 is 15.3 Å². The summed E-state index contributed by atoms with van der Waals surface area (Å²) in [5.41, 5.74) is 1.53. The molecule has 0 aliphatic heterocycles. The molecule has 4 rings (SSSR count). The van der Waals surface area contributed by atoms with E-state index in [-0.39, 0.29) is 35.4 Å². The van der Waals surface area contributed by atoms with Crippen LogP contribution < -0.4 is 0 Å². The van der Waals surface area contributed by atoms with Gasteiger partial charge in [0.25, 0.3) is 0 Å². The van der Waals surface area contributed by atoms with Crippen LogP contribution in [-0.2, 0) is 4.79 Å². The molecule has 4 nitrogen and oxygen atoms in total. The van der Waals surface area contributed by atoms with Gasteiger partial charge in [-0.05, 0) is 117 Å². The summed E-state index contributed by atoms with van der Waals surface area (Å²) in [5.74, 6) is 2.22. The van der Waals surface area contributed by atoms with Crippen LogP contribution in [0.1, 0.15) is 91.9 Å². The first kappa shape index (κ1) is 24.3. The van der Waals surface area contributed by atoms with Crippen molar-refractivity contribution >= 4 is 5.97 Å². The highest BCUT2D eigenvalue weighted by atomic mass is 16.4. The number of hydrogen-bond acceptors (Lipinski definition) is 3. The van der Waals surface area contributed by atoms with Crippen molar-refractivity contribution in [2.45, 2.75) is 104 Å². The van der Waals surface area contributed by atoms with E-state index in [1.165, 1.54) is 25.7 Å². The fourth-order valence-electron chi connectivity index (χ4n) is 9.62. The van der Waals surface area contributed by atoms with Gasteiger partial charge in [0, 0.05) is 6.42 Å². The number of carboxylic acids is 1. The highest BCUT2D eigenvalue weighted by Gasteiger charge is 2.65. The first-order chi connectivity index (χ1) is 15.0. The van der Waals surface area contributed by atoms with Gasteiger partial charge >= 0.3 is 5.97 Å². The first-order valence-corrected chi connectivity index (χ1v) is 13.2. The van der Waals surface area contributed by atoms with Gasteiger partial charge in [0.1, 0.15) is 0 Å². The van der Waals surface area contributed by atoms with Crippen LogP contribution in [0, 0.1) is 52.3 Å². The molecule has 4 aliphatic carbocycles. The largest absolute Gasteiger partial charge is 0.481 e. The lowest BCUT2D eigenvalue weighted by Crippen LogP contribution is -2.62. The SMILES string of the molecule is C=C(C)CC1C(O)C2C(CC[C@@]3(C)C2CCC3[C@H](C)CCC(=O)O)[C@@]2(C)CC[C@@H](O)CC12. The van der Waals surface area contributed by atoms with Crippen LogP contribution in [0.4, 0.5) is 0 Å². The fraction of sp³-hybridized carbons (Fsp3) is 0.893. The number of aliphatic carboxylic acids is 1. The van der Waals surface area contributed by atoms with Crippen molar-refractivity contribution < 1.29 is 20.1 Å². The number of rotatable bonds is 6. The second kappa shape index (κ2) is 8.73. The molecule has 3 N–H and O–H groups in total. The molecule has 0 saturated heterocycles. The smallest absolute Gasteiger partial charge is 0.303 e. The third kappa shape index (κ3) is 3.87. The van der Waals surface area contributed by atoms with Gasteiger partial charge in [0.05, 0.1) is 12.2 Å². The molecule has 0 heterocycles. The summed E-state index contributed by atoms with van der Waals surface area (Å²) in [5, 5.41) is 31.6. The van der Waals surface area contributed by atoms with Crippen LogP contribution >= 0.6 is 0 Å². The molecule has 7 unspecified atom stereocenters. The third-order valence-electron chi connectivity index (χ3n) is 11.1. The molecular formula is C28H46O4. The monoisotopic (exact) mass is 446 g/mol. The van der Waals surface area contributed by atoms with E-state index in [0.717, 1.165) is 37.7 Å². The number of carboxylic acid groups (broad SMARTS) is 1. The molecule has 32 heavy (non-hydrogen) atoms. The minimum Gasteiger partial charge on any atom is -0.481 e. The Balaban J connectivity index is 1.64. The molecule has 11 atom stereocenters. The predicted molar refractivity (Wildman–Crippen MR) is 127 cm³/mol. The summed E-state index contributed by atoms with van der Waals surface area (Å²) in [6, 6.07) is 0. The third-order valence-corrected chi connectivity index (χ3v) is 11.1. The summed E-state index contributed by atoms with van der Waals surface area (Å²) in [6.07, 6.45) is 8.81. The van der Waals surface area contributed by atoms with Crippen LogP contribution in [0.2, 0.25) is 0 Å². The van der Waals surface area contributed by atoms with Crippen molar-refractivity contribution in [3.8, 4) is 0 Å². The average Bonchev–Trinajstić information content (AvgIpc) is 3.07. The van der Waals surface area contributed by atoms with Crippen LogP contribution in [-0.4, -0.2) is 33.5 Å². The molecule has 4 fully saturated rings. The van der Waals surface area contributed by atoms with Crippen LogP contribution in [0.25, 0.3) is 0 Å². The quantitative estimate of drug-likeness (QED) is 0.459. The summed E-state index contributed by atoms with van der Waals surface area (Å²) in [4.78, 5) is 11.2. The lowest BCUT2D eigenvalue weighted by molar-refractivity contribution is -0.202. The predicted octanol–water partition coefficient (Wildman–Crippen LogP) is 5.67. The van der Waals surface area contributed by atoms with E-state index < -0.39 is 5.97 Å². The Kier molecular flexibility index (Phi) is 6.62. The minimum absolute atomic E-state index is 0.192. The molecule has 182 valence electrons. The molecule has 4 heteroatoms.